The minimum absolute atomic E-state index is 0.152. The second-order valence-electron chi connectivity index (χ2n) is 7.57. The van der Waals surface area contributed by atoms with Crippen LogP contribution in [-0.4, -0.2) is 58.0 Å². The van der Waals surface area contributed by atoms with Crippen LogP contribution in [0, 0.1) is 20.2 Å². The first-order valence-corrected chi connectivity index (χ1v) is 10.7. The molecule has 0 saturated carbocycles. The van der Waals surface area contributed by atoms with Gasteiger partial charge in [-0.25, -0.2) is 4.79 Å². The summed E-state index contributed by atoms with van der Waals surface area (Å²) < 4.78 is 15.5. The number of hydrazone groups is 2. The maximum Gasteiger partial charge on any atom is 0.361 e. The molecule has 1 fully saturated rings. The normalized spacial score (nSPS) is 17.4. The second-order valence-corrected chi connectivity index (χ2v) is 7.57. The average Bonchev–Trinajstić information content (AvgIpc) is 3.18. The van der Waals surface area contributed by atoms with Crippen molar-refractivity contribution in [3.8, 4) is 0 Å². The zero-order valence-corrected chi connectivity index (χ0v) is 19.9. The number of benzene rings is 2. The Morgan fingerprint density at radius 3 is 1.87 bits per heavy atom. The topological polar surface area (TPSA) is 214 Å². The van der Waals surface area contributed by atoms with Gasteiger partial charge in [-0.05, 0) is 24.3 Å². The summed E-state index contributed by atoms with van der Waals surface area (Å²) in [5, 5.41) is 29.9. The number of nitrogens with zero attached hydrogens (tertiary/aromatic N) is 4. The summed E-state index contributed by atoms with van der Waals surface area (Å²) in [7, 11) is 0. The number of hydrogen-bond acceptors (Lipinski definition) is 14. The summed E-state index contributed by atoms with van der Waals surface area (Å²) in [5.41, 5.74) is 4.97. The number of anilines is 2. The van der Waals surface area contributed by atoms with E-state index in [0.717, 1.165) is 13.8 Å². The number of cyclic esters (lactones) is 1. The first kappa shape index (κ1) is 27.2. The molecule has 16 nitrogen and oxygen atoms in total. The molecule has 0 aromatic heterocycles. The lowest BCUT2D eigenvalue weighted by Gasteiger charge is -2.21. The van der Waals surface area contributed by atoms with Gasteiger partial charge in [-0.3, -0.25) is 40.7 Å². The third kappa shape index (κ3) is 7.06. The van der Waals surface area contributed by atoms with Gasteiger partial charge in [0.1, 0.15) is 12.3 Å². The lowest BCUT2D eigenvalue weighted by Crippen LogP contribution is -2.40. The summed E-state index contributed by atoms with van der Waals surface area (Å²) in [6, 6.07) is 10.3. The molecule has 16 heteroatoms. The van der Waals surface area contributed by atoms with Gasteiger partial charge >= 0.3 is 17.9 Å². The molecule has 0 radical (unpaired) electrons. The van der Waals surface area contributed by atoms with Gasteiger partial charge in [0.25, 0.3) is 11.4 Å². The number of nitro groups is 2. The molecule has 2 atom stereocenters. The standard InChI is InChI=1S/C22H20N6O10/c1-12(29)36-11-18(37-13(2)30)21-19(25-23-14-3-7-16(8-4-14)27(32)33)20(22(31)38-21)26-24-15-5-9-17(10-6-15)28(34)35/h3-10,18,21,23-24H,11H2,1-2H3/b25-19+,26-20-. The Bertz CT molecular complexity index is 1310. The third-order valence-corrected chi connectivity index (χ3v) is 4.80. The van der Waals surface area contributed by atoms with Crippen LogP contribution in [0.25, 0.3) is 0 Å². The van der Waals surface area contributed by atoms with E-state index in [9.17, 15) is 34.6 Å². The molecule has 3 rings (SSSR count). The highest BCUT2D eigenvalue weighted by atomic mass is 16.6. The number of carbonyl (C=O) groups excluding carboxylic acids is 3. The van der Waals surface area contributed by atoms with Crippen LogP contribution in [-0.2, 0) is 28.6 Å². The van der Waals surface area contributed by atoms with Crippen LogP contribution < -0.4 is 10.9 Å². The molecule has 2 N–H and O–H groups in total. The van der Waals surface area contributed by atoms with Gasteiger partial charge < -0.3 is 14.2 Å². The highest BCUT2D eigenvalue weighted by Crippen LogP contribution is 2.21. The fraction of sp³-hybridized carbons (Fsp3) is 0.227. The third-order valence-electron chi connectivity index (χ3n) is 4.80. The molecule has 0 amide bonds. The Morgan fingerprint density at radius 2 is 1.42 bits per heavy atom. The minimum Gasteiger partial charge on any atom is -0.462 e. The molecule has 38 heavy (non-hydrogen) atoms. The number of hydrogen-bond donors (Lipinski definition) is 2. The van der Waals surface area contributed by atoms with Crippen LogP contribution in [0.2, 0.25) is 0 Å². The summed E-state index contributed by atoms with van der Waals surface area (Å²) in [6.45, 7) is 1.78. The summed E-state index contributed by atoms with van der Waals surface area (Å²) >= 11 is 0. The molecule has 1 aliphatic heterocycles. The van der Waals surface area contributed by atoms with Crippen LogP contribution in [0.3, 0.4) is 0 Å². The fourth-order valence-corrected chi connectivity index (χ4v) is 3.09. The van der Waals surface area contributed by atoms with E-state index >= 15 is 0 Å². The largest absolute Gasteiger partial charge is 0.462 e. The molecule has 2 unspecified atom stereocenters. The highest BCUT2D eigenvalue weighted by Gasteiger charge is 2.45. The molecule has 0 spiro atoms. The van der Waals surface area contributed by atoms with Crippen LogP contribution in [0.15, 0.2) is 58.7 Å². The van der Waals surface area contributed by atoms with Gasteiger partial charge in [0.2, 0.25) is 0 Å². The van der Waals surface area contributed by atoms with Crippen molar-refractivity contribution in [1.29, 1.82) is 0 Å². The smallest absolute Gasteiger partial charge is 0.361 e. The molecule has 0 aliphatic carbocycles. The quantitative estimate of drug-likeness (QED) is 0.196. The number of carbonyl (C=O) groups is 3. The Hall–Kier alpha value is -5.41. The molecule has 1 heterocycles. The van der Waals surface area contributed by atoms with Gasteiger partial charge in [0.15, 0.2) is 17.9 Å². The van der Waals surface area contributed by atoms with E-state index in [0.29, 0.717) is 11.4 Å². The number of non-ortho nitro benzene ring substituents is 2. The summed E-state index contributed by atoms with van der Waals surface area (Å²) in [5.74, 6) is -2.40. The number of nitro benzene ring substituents is 2. The number of ether oxygens (including phenoxy) is 3. The van der Waals surface area contributed by atoms with Gasteiger partial charge in [-0.15, -0.1) is 0 Å². The van der Waals surface area contributed by atoms with Crippen LogP contribution in [0.4, 0.5) is 22.7 Å². The molecule has 198 valence electrons. The monoisotopic (exact) mass is 528 g/mol. The Labute approximate surface area is 213 Å². The van der Waals surface area contributed by atoms with E-state index in [1.807, 2.05) is 0 Å². The van der Waals surface area contributed by atoms with Crippen LogP contribution in [0.5, 0.6) is 0 Å². The van der Waals surface area contributed by atoms with Crippen LogP contribution >= 0.6 is 0 Å². The first-order valence-electron chi connectivity index (χ1n) is 10.7. The van der Waals surface area contributed by atoms with E-state index in [2.05, 4.69) is 21.1 Å². The Kier molecular flexibility index (Phi) is 8.60. The number of nitrogens with one attached hydrogen (secondary N) is 2. The predicted octanol–water partition coefficient (Wildman–Crippen LogP) is 2.16. The average molecular weight is 528 g/mol. The number of esters is 3. The fourth-order valence-electron chi connectivity index (χ4n) is 3.09. The Balaban J connectivity index is 1.95. The summed E-state index contributed by atoms with van der Waals surface area (Å²) in [6.07, 6.45) is -2.64. The van der Waals surface area contributed by atoms with Crippen molar-refractivity contribution in [1.82, 2.24) is 0 Å². The maximum absolute atomic E-state index is 12.7. The first-order chi connectivity index (χ1) is 18.0. The van der Waals surface area contributed by atoms with Crippen molar-refractivity contribution in [2.45, 2.75) is 26.1 Å². The van der Waals surface area contributed by atoms with Gasteiger partial charge in [0.05, 0.1) is 21.2 Å². The van der Waals surface area contributed by atoms with E-state index in [-0.39, 0.29) is 22.8 Å². The van der Waals surface area contributed by atoms with Gasteiger partial charge in [-0.2, -0.15) is 10.2 Å². The van der Waals surface area contributed by atoms with Gasteiger partial charge in [-0.1, -0.05) is 0 Å². The van der Waals surface area contributed by atoms with Crippen molar-refractivity contribution in [2.24, 2.45) is 10.2 Å². The number of rotatable bonds is 10. The predicted molar refractivity (Wildman–Crippen MR) is 130 cm³/mol. The molecule has 0 bridgehead atoms. The van der Waals surface area contributed by atoms with E-state index in [1.54, 1.807) is 0 Å². The van der Waals surface area contributed by atoms with Crippen molar-refractivity contribution >= 4 is 52.1 Å². The van der Waals surface area contributed by atoms with E-state index in [4.69, 9.17) is 14.2 Å². The highest BCUT2D eigenvalue weighted by molar-refractivity contribution is 6.69. The Morgan fingerprint density at radius 1 is 0.921 bits per heavy atom. The molecule has 2 aromatic rings. The minimum atomic E-state index is -1.35. The van der Waals surface area contributed by atoms with Gasteiger partial charge in [0, 0.05) is 38.1 Å². The van der Waals surface area contributed by atoms with Crippen molar-refractivity contribution < 1.29 is 38.4 Å². The van der Waals surface area contributed by atoms with E-state index in [1.165, 1.54) is 48.5 Å². The maximum atomic E-state index is 12.7. The molecular weight excluding hydrogens is 508 g/mol. The van der Waals surface area contributed by atoms with Crippen molar-refractivity contribution in [3.05, 3.63) is 68.8 Å². The van der Waals surface area contributed by atoms with E-state index < -0.39 is 46.6 Å². The molecular formula is C22H20N6O10. The van der Waals surface area contributed by atoms with Crippen molar-refractivity contribution in [2.75, 3.05) is 17.5 Å². The zero-order chi connectivity index (χ0) is 27.8. The molecule has 1 saturated heterocycles. The second kappa shape index (κ2) is 12.0. The molecule has 1 aliphatic rings. The lowest BCUT2D eigenvalue weighted by atomic mass is 10.1. The SMILES string of the molecule is CC(=O)OCC(OC(C)=O)C1OC(=O)C(=N\Nc2ccc([N+](=O)[O-])cc2)/C1=N\Nc1ccc([N+](=O)[O-])cc1. The van der Waals surface area contributed by atoms with Crippen molar-refractivity contribution in [3.63, 3.8) is 0 Å². The molecule has 2 aromatic carbocycles. The summed E-state index contributed by atoms with van der Waals surface area (Å²) in [4.78, 5) is 56.3. The van der Waals surface area contributed by atoms with Crippen LogP contribution in [0.1, 0.15) is 13.8 Å². The lowest BCUT2D eigenvalue weighted by molar-refractivity contribution is -0.385. The zero-order valence-electron chi connectivity index (χ0n) is 19.9.